The van der Waals surface area contributed by atoms with Gasteiger partial charge in [0.25, 0.3) is 0 Å². The average Bonchev–Trinajstić information content (AvgIpc) is 2.43. The Balaban J connectivity index is 3.26. The molecular weight excluding hydrogens is 388 g/mol. The number of ether oxygens (including phenoxy) is 1. The smallest absolute Gasteiger partial charge is 0.338 e. The zero-order valence-electron chi connectivity index (χ0n) is 15.3. The Kier molecular flexibility index (Phi) is 7.88. The van der Waals surface area contributed by atoms with Crippen molar-refractivity contribution in [2.45, 2.75) is 70.0 Å². The highest BCUT2D eigenvalue weighted by atomic mass is 79.9. The molecule has 0 bridgehead atoms. The third-order valence-electron chi connectivity index (χ3n) is 4.38. The van der Waals surface area contributed by atoms with Crippen LogP contribution in [0.3, 0.4) is 0 Å². The second-order valence-corrected chi connectivity index (χ2v) is 16.3. The van der Waals surface area contributed by atoms with Crippen LogP contribution < -0.4 is 0 Å². The predicted molar refractivity (Wildman–Crippen MR) is 107 cm³/mol. The number of benzene rings is 1. The summed E-state index contributed by atoms with van der Waals surface area (Å²) in [6, 6.07) is 5.95. The lowest BCUT2D eigenvalue weighted by atomic mass is 10.2. The van der Waals surface area contributed by atoms with Gasteiger partial charge in [-0.3, -0.25) is 0 Å². The van der Waals surface area contributed by atoms with Gasteiger partial charge < -0.3 is 15.9 Å². The van der Waals surface area contributed by atoms with Gasteiger partial charge in [-0.25, -0.2) is 4.79 Å². The van der Waals surface area contributed by atoms with Crippen LogP contribution in [-0.2, 0) is 4.74 Å². The second kappa shape index (κ2) is 8.72. The largest absolute Gasteiger partial charge is 0.462 e. The van der Waals surface area contributed by atoms with Gasteiger partial charge in [-0.1, -0.05) is 64.7 Å². The second-order valence-electron chi connectivity index (χ2n) is 6.82. The fourth-order valence-electron chi connectivity index (χ4n) is 3.51. The van der Waals surface area contributed by atoms with Gasteiger partial charge in [0, 0.05) is 4.47 Å². The first-order chi connectivity index (χ1) is 10.6. The van der Waals surface area contributed by atoms with Gasteiger partial charge in [0.1, 0.15) is 0 Å². The van der Waals surface area contributed by atoms with Crippen molar-refractivity contribution < 1.29 is 9.53 Å². The van der Waals surface area contributed by atoms with Gasteiger partial charge in [-0.15, -0.1) is 16.6 Å². The number of hydrogen-bond donors (Lipinski definition) is 0. The number of hydrogen-bond acceptors (Lipinski definition) is 3. The molecule has 0 N–H and O–H groups in total. The highest BCUT2D eigenvalue weighted by Gasteiger charge is 2.31. The van der Waals surface area contributed by atoms with Gasteiger partial charge in [0.05, 0.1) is 12.2 Å². The highest BCUT2D eigenvalue weighted by Crippen LogP contribution is 2.52. The van der Waals surface area contributed by atoms with Crippen molar-refractivity contribution in [3.8, 4) is 0 Å². The molecule has 1 aromatic rings. The van der Waals surface area contributed by atoms with E-state index in [0.717, 1.165) is 4.47 Å². The topological polar surface area (TPSA) is 26.3 Å². The van der Waals surface area contributed by atoms with Gasteiger partial charge >= 0.3 is 5.97 Å². The molecule has 0 unspecified atom stereocenters. The molecular formula is C18H29BrO2SSi-. The zero-order valence-corrected chi connectivity index (χ0v) is 18.7. The van der Waals surface area contributed by atoms with Crippen LogP contribution in [-0.4, -0.2) is 19.8 Å². The summed E-state index contributed by atoms with van der Waals surface area (Å²) in [5, 5.41) is 0. The van der Waals surface area contributed by atoms with E-state index in [1.165, 1.54) is 4.90 Å². The monoisotopic (exact) mass is 416 g/mol. The van der Waals surface area contributed by atoms with Gasteiger partial charge in [0.15, 0.2) is 0 Å². The summed E-state index contributed by atoms with van der Waals surface area (Å²) < 4.78 is 6.09. The maximum Gasteiger partial charge on any atom is 0.338 e. The molecule has 0 aliphatic rings. The molecule has 2 nitrogen and oxygen atoms in total. The Hall–Kier alpha value is -0.263. The first kappa shape index (κ1) is 20.8. The molecule has 0 saturated carbocycles. The average molecular weight is 417 g/mol. The molecule has 1 rings (SSSR count). The van der Waals surface area contributed by atoms with E-state index in [4.69, 9.17) is 4.74 Å². The summed E-state index contributed by atoms with van der Waals surface area (Å²) in [4.78, 5) is 13.2. The Morgan fingerprint density at radius 1 is 1.09 bits per heavy atom. The van der Waals surface area contributed by atoms with Crippen molar-refractivity contribution in [2.24, 2.45) is 0 Å². The number of carbonyl (C=O) groups excluding carboxylic acids is 1. The molecule has 131 valence electrons. The highest BCUT2D eigenvalue weighted by molar-refractivity contribution is 9.10. The number of carbonyl (C=O) groups is 1. The summed E-state index contributed by atoms with van der Waals surface area (Å²) in [5.74, 6) is -0.249. The van der Waals surface area contributed by atoms with Crippen LogP contribution in [0.2, 0.25) is 16.6 Å². The number of halogens is 1. The van der Waals surface area contributed by atoms with E-state index < -0.39 is 7.22 Å². The lowest BCUT2D eigenvalue weighted by Gasteiger charge is -2.54. The first-order valence-corrected chi connectivity index (χ1v) is 12.9. The normalized spacial score (nSPS) is 12.3. The summed E-state index contributed by atoms with van der Waals surface area (Å²) in [6.07, 6.45) is 0. The predicted octanol–water partition coefficient (Wildman–Crippen LogP) is 6.89. The lowest BCUT2D eigenvalue weighted by Crippen LogP contribution is -2.41. The number of rotatable bonds is 7. The van der Waals surface area contributed by atoms with E-state index in [0.29, 0.717) is 28.8 Å². The molecule has 0 amide bonds. The molecule has 0 aliphatic heterocycles. The van der Waals surface area contributed by atoms with Crippen molar-refractivity contribution in [3.05, 3.63) is 28.2 Å². The standard InChI is InChI=1S/C18H29BrO2SSi/c1-8-21-18(20)15-9-16(19)11-17(10-15)22-23(12(2)3,13(4)5)14(6)7/h9-14H,8H2,1-7H3/q-1. The molecule has 0 radical (unpaired) electrons. The molecule has 1 aromatic carbocycles. The fourth-order valence-corrected chi connectivity index (χ4v) is 13.3. The van der Waals surface area contributed by atoms with Crippen molar-refractivity contribution in [3.63, 3.8) is 0 Å². The van der Waals surface area contributed by atoms with Crippen LogP contribution in [0.4, 0.5) is 0 Å². The minimum absolute atomic E-state index is 0.249. The van der Waals surface area contributed by atoms with Crippen LogP contribution in [0.15, 0.2) is 27.6 Å². The van der Waals surface area contributed by atoms with Gasteiger partial charge in [0.2, 0.25) is 0 Å². The SMILES string of the molecule is CCOC(=O)c1cc(Br)cc(S[Si-](C(C)C)(C(C)C)C(C)C)c1. The molecule has 0 fully saturated rings. The molecule has 5 heteroatoms. The van der Waals surface area contributed by atoms with Crippen molar-refractivity contribution in [1.29, 1.82) is 0 Å². The molecule has 0 saturated heterocycles. The molecule has 23 heavy (non-hydrogen) atoms. The minimum Gasteiger partial charge on any atom is -0.462 e. The quantitative estimate of drug-likeness (QED) is 0.357. The first-order valence-electron chi connectivity index (χ1n) is 8.31. The van der Waals surface area contributed by atoms with Crippen LogP contribution in [0.25, 0.3) is 0 Å². The molecule has 0 aliphatic carbocycles. The van der Waals surface area contributed by atoms with Crippen molar-refractivity contribution >= 4 is 40.3 Å². The van der Waals surface area contributed by atoms with Crippen molar-refractivity contribution in [2.75, 3.05) is 6.61 Å². The number of esters is 1. The van der Waals surface area contributed by atoms with Crippen LogP contribution >= 0.6 is 27.1 Å². The molecule has 0 aromatic heterocycles. The lowest BCUT2D eigenvalue weighted by molar-refractivity contribution is 0.0526. The van der Waals surface area contributed by atoms with E-state index in [9.17, 15) is 4.79 Å². The summed E-state index contributed by atoms with van der Waals surface area (Å²) in [5.41, 5.74) is 2.62. The molecule has 0 atom stereocenters. The summed E-state index contributed by atoms with van der Waals surface area (Å²) in [6.45, 7) is 16.3. The third kappa shape index (κ3) is 4.86. The van der Waals surface area contributed by atoms with Crippen LogP contribution in [0.1, 0.15) is 58.8 Å². The maximum atomic E-state index is 12.1. The zero-order chi connectivity index (χ0) is 17.8. The Labute approximate surface area is 154 Å². The van der Waals surface area contributed by atoms with Gasteiger partial charge in [-0.2, -0.15) is 0 Å². The summed E-state index contributed by atoms with van der Waals surface area (Å²) >= 11 is 5.57. The van der Waals surface area contributed by atoms with Crippen LogP contribution in [0, 0.1) is 0 Å². The van der Waals surface area contributed by atoms with E-state index in [-0.39, 0.29) is 5.97 Å². The van der Waals surface area contributed by atoms with E-state index in [1.807, 2.05) is 30.3 Å². The van der Waals surface area contributed by atoms with Gasteiger partial charge in [-0.05, 0) is 30.0 Å². The minimum atomic E-state index is -1.62. The Morgan fingerprint density at radius 3 is 2.04 bits per heavy atom. The van der Waals surface area contributed by atoms with E-state index >= 15 is 0 Å². The van der Waals surface area contributed by atoms with E-state index in [1.54, 1.807) is 0 Å². The molecule has 0 spiro atoms. The maximum absolute atomic E-state index is 12.1. The summed E-state index contributed by atoms with van der Waals surface area (Å²) in [7, 11) is -1.62. The fraction of sp³-hybridized carbons (Fsp3) is 0.611. The van der Waals surface area contributed by atoms with Crippen molar-refractivity contribution in [1.82, 2.24) is 0 Å². The van der Waals surface area contributed by atoms with Crippen LogP contribution in [0.5, 0.6) is 0 Å². The Morgan fingerprint density at radius 2 is 1.61 bits per heavy atom. The Bertz CT molecular complexity index is 522. The molecule has 0 heterocycles. The van der Waals surface area contributed by atoms with E-state index in [2.05, 4.69) is 63.5 Å². The third-order valence-corrected chi connectivity index (χ3v) is 17.1.